The fourth-order valence-corrected chi connectivity index (χ4v) is 4.65. The summed E-state index contributed by atoms with van der Waals surface area (Å²) in [5, 5.41) is 6.72. The molecule has 3 heterocycles. The molecule has 148 valence electrons. The molecule has 1 aromatic carbocycles. The first-order valence-electron chi connectivity index (χ1n) is 9.72. The lowest BCUT2D eigenvalue weighted by Gasteiger charge is -2.34. The Kier molecular flexibility index (Phi) is 5.92. The van der Waals surface area contributed by atoms with Gasteiger partial charge in [0.1, 0.15) is 5.58 Å². The van der Waals surface area contributed by atoms with Crippen LogP contribution in [-0.2, 0) is 11.3 Å². The van der Waals surface area contributed by atoms with Gasteiger partial charge in [0.2, 0.25) is 0 Å². The Morgan fingerprint density at radius 1 is 1.21 bits per heavy atom. The number of nitrogens with one attached hydrogen (secondary N) is 1. The number of rotatable bonds is 6. The van der Waals surface area contributed by atoms with E-state index in [0.29, 0.717) is 18.2 Å². The van der Waals surface area contributed by atoms with Gasteiger partial charge in [-0.3, -0.25) is 4.90 Å². The smallest absolute Gasteiger partial charge is 0.336 e. The van der Waals surface area contributed by atoms with Crippen LogP contribution in [-0.4, -0.2) is 37.7 Å². The Balaban J connectivity index is 1.53. The monoisotopic (exact) mass is 398 g/mol. The van der Waals surface area contributed by atoms with Crippen LogP contribution < -0.4 is 10.9 Å². The van der Waals surface area contributed by atoms with Crippen molar-refractivity contribution >= 4 is 22.3 Å². The highest BCUT2D eigenvalue weighted by atomic mass is 32.1. The third kappa shape index (κ3) is 4.05. The molecule has 0 spiro atoms. The van der Waals surface area contributed by atoms with Crippen molar-refractivity contribution in [3.8, 4) is 0 Å². The Morgan fingerprint density at radius 3 is 2.79 bits per heavy atom. The molecule has 1 aliphatic rings. The number of benzene rings is 1. The summed E-state index contributed by atoms with van der Waals surface area (Å²) >= 11 is 1.79. The number of hydrogen-bond donors (Lipinski definition) is 1. The quantitative estimate of drug-likeness (QED) is 0.643. The summed E-state index contributed by atoms with van der Waals surface area (Å²) in [4.78, 5) is 15.9. The van der Waals surface area contributed by atoms with Crippen molar-refractivity contribution in [1.82, 2.24) is 10.2 Å². The topological polar surface area (TPSA) is 54.7 Å². The van der Waals surface area contributed by atoms with Crippen LogP contribution in [0.5, 0.6) is 0 Å². The number of aryl methyl sites for hydroxylation is 2. The fourth-order valence-electron chi connectivity index (χ4n) is 3.79. The van der Waals surface area contributed by atoms with E-state index in [2.05, 4.69) is 39.9 Å². The van der Waals surface area contributed by atoms with E-state index in [0.717, 1.165) is 54.9 Å². The van der Waals surface area contributed by atoms with E-state index >= 15 is 0 Å². The van der Waals surface area contributed by atoms with Crippen LogP contribution in [0.2, 0.25) is 0 Å². The number of nitrogens with zero attached hydrogens (tertiary/aromatic N) is 1. The highest BCUT2D eigenvalue weighted by Crippen LogP contribution is 2.26. The molecule has 6 heteroatoms. The molecule has 3 aromatic rings. The zero-order valence-electron chi connectivity index (χ0n) is 16.4. The molecule has 2 aromatic heterocycles. The van der Waals surface area contributed by atoms with Crippen LogP contribution in [0.25, 0.3) is 11.0 Å². The SMILES string of the molecule is Cc1ccc2c(CNC[C@H](c3cccs3)N3CCOCC3)cc(=O)oc2c1C. The van der Waals surface area contributed by atoms with Crippen LogP contribution in [0, 0.1) is 13.8 Å². The van der Waals surface area contributed by atoms with Crippen LogP contribution >= 0.6 is 11.3 Å². The van der Waals surface area contributed by atoms with Crippen LogP contribution in [0.15, 0.2) is 44.9 Å². The third-order valence-electron chi connectivity index (χ3n) is 5.53. The van der Waals surface area contributed by atoms with E-state index in [9.17, 15) is 4.79 Å². The normalized spacial score (nSPS) is 16.5. The molecular formula is C22H26N2O3S. The lowest BCUT2D eigenvalue weighted by Crippen LogP contribution is -2.42. The lowest BCUT2D eigenvalue weighted by atomic mass is 10.0. The Hall–Kier alpha value is -1.99. The van der Waals surface area contributed by atoms with Crippen molar-refractivity contribution in [2.75, 3.05) is 32.8 Å². The average molecular weight is 399 g/mol. The summed E-state index contributed by atoms with van der Waals surface area (Å²) < 4.78 is 11.0. The second-order valence-corrected chi connectivity index (χ2v) is 8.26. The summed E-state index contributed by atoms with van der Waals surface area (Å²) in [6.45, 7) is 8.96. The third-order valence-corrected chi connectivity index (χ3v) is 6.50. The molecule has 0 amide bonds. The molecule has 0 aliphatic carbocycles. The second-order valence-electron chi connectivity index (χ2n) is 7.29. The van der Waals surface area contributed by atoms with Gasteiger partial charge in [0.05, 0.1) is 19.3 Å². The highest BCUT2D eigenvalue weighted by molar-refractivity contribution is 7.10. The first-order chi connectivity index (χ1) is 13.6. The van der Waals surface area contributed by atoms with Gasteiger partial charge in [0.15, 0.2) is 0 Å². The van der Waals surface area contributed by atoms with Gasteiger partial charge in [-0.1, -0.05) is 18.2 Å². The second kappa shape index (κ2) is 8.57. The molecule has 0 unspecified atom stereocenters. The number of fused-ring (bicyclic) bond motifs is 1. The van der Waals surface area contributed by atoms with Crippen molar-refractivity contribution in [3.05, 3.63) is 67.7 Å². The number of thiophene rings is 1. The fraction of sp³-hybridized carbons (Fsp3) is 0.409. The molecular weight excluding hydrogens is 372 g/mol. The standard InChI is InChI=1S/C22H26N2O3S/c1-15-5-6-18-17(12-21(25)27-22(18)16(15)2)13-23-14-19(20-4-3-11-28-20)24-7-9-26-10-8-24/h3-6,11-12,19,23H,7-10,13-14H2,1-2H3/t19-/m1/s1. The van der Waals surface area contributed by atoms with Gasteiger partial charge in [-0.25, -0.2) is 4.79 Å². The molecule has 1 fully saturated rings. The predicted octanol–water partition coefficient (Wildman–Crippen LogP) is 3.63. The molecule has 4 rings (SSSR count). The Bertz CT molecular complexity index is 991. The molecule has 0 radical (unpaired) electrons. The predicted molar refractivity (Wildman–Crippen MR) is 113 cm³/mol. The van der Waals surface area contributed by atoms with Gasteiger partial charge in [-0.15, -0.1) is 11.3 Å². The molecule has 28 heavy (non-hydrogen) atoms. The van der Waals surface area contributed by atoms with Gasteiger partial charge in [0, 0.05) is 42.5 Å². The summed E-state index contributed by atoms with van der Waals surface area (Å²) in [5.41, 5.74) is 3.56. The minimum absolute atomic E-state index is 0.291. The minimum atomic E-state index is -0.291. The lowest BCUT2D eigenvalue weighted by molar-refractivity contribution is 0.0168. The number of ether oxygens (including phenoxy) is 1. The Labute approximate surface area is 168 Å². The van der Waals surface area contributed by atoms with Crippen molar-refractivity contribution in [2.45, 2.75) is 26.4 Å². The Morgan fingerprint density at radius 2 is 2.04 bits per heavy atom. The van der Waals surface area contributed by atoms with Gasteiger partial charge in [0.25, 0.3) is 0 Å². The maximum absolute atomic E-state index is 12.1. The highest BCUT2D eigenvalue weighted by Gasteiger charge is 2.23. The largest absolute Gasteiger partial charge is 0.422 e. The summed E-state index contributed by atoms with van der Waals surface area (Å²) in [6.07, 6.45) is 0. The molecule has 1 atom stereocenters. The molecule has 0 saturated carbocycles. The van der Waals surface area contributed by atoms with Crippen molar-refractivity contribution in [2.24, 2.45) is 0 Å². The van der Waals surface area contributed by atoms with E-state index < -0.39 is 0 Å². The number of hydrogen-bond acceptors (Lipinski definition) is 6. The van der Waals surface area contributed by atoms with E-state index in [1.165, 1.54) is 4.88 Å². The van der Waals surface area contributed by atoms with Crippen molar-refractivity contribution in [1.29, 1.82) is 0 Å². The van der Waals surface area contributed by atoms with E-state index in [1.54, 1.807) is 17.4 Å². The van der Waals surface area contributed by atoms with Crippen molar-refractivity contribution in [3.63, 3.8) is 0 Å². The van der Waals surface area contributed by atoms with E-state index in [-0.39, 0.29) is 5.63 Å². The maximum Gasteiger partial charge on any atom is 0.336 e. The zero-order chi connectivity index (χ0) is 19.5. The van der Waals surface area contributed by atoms with Gasteiger partial charge in [-0.05, 0) is 42.0 Å². The molecule has 1 saturated heterocycles. The van der Waals surface area contributed by atoms with E-state index in [1.807, 2.05) is 13.8 Å². The van der Waals surface area contributed by atoms with Crippen molar-refractivity contribution < 1.29 is 9.15 Å². The molecule has 1 aliphatic heterocycles. The molecule has 1 N–H and O–H groups in total. The van der Waals surface area contributed by atoms with E-state index in [4.69, 9.17) is 9.15 Å². The maximum atomic E-state index is 12.1. The zero-order valence-corrected chi connectivity index (χ0v) is 17.2. The van der Waals surface area contributed by atoms with Crippen LogP contribution in [0.4, 0.5) is 0 Å². The first kappa shape index (κ1) is 19.3. The summed E-state index contributed by atoms with van der Waals surface area (Å²) in [6, 6.07) is 10.4. The van der Waals surface area contributed by atoms with Crippen LogP contribution in [0.1, 0.15) is 27.6 Å². The summed E-state index contributed by atoms with van der Waals surface area (Å²) in [7, 11) is 0. The van der Waals surface area contributed by atoms with Gasteiger partial charge in [-0.2, -0.15) is 0 Å². The van der Waals surface area contributed by atoms with Crippen LogP contribution in [0.3, 0.4) is 0 Å². The molecule has 5 nitrogen and oxygen atoms in total. The molecule has 0 bridgehead atoms. The number of morpholine rings is 1. The van der Waals surface area contributed by atoms with Gasteiger partial charge >= 0.3 is 5.63 Å². The first-order valence-corrected chi connectivity index (χ1v) is 10.6. The summed E-state index contributed by atoms with van der Waals surface area (Å²) in [5.74, 6) is 0. The van der Waals surface area contributed by atoms with Gasteiger partial charge < -0.3 is 14.5 Å². The minimum Gasteiger partial charge on any atom is -0.422 e. The average Bonchev–Trinajstić information content (AvgIpc) is 3.23.